The molecule has 21 heavy (non-hydrogen) atoms. The molecule has 0 unspecified atom stereocenters. The van der Waals surface area contributed by atoms with Crippen LogP contribution in [0.3, 0.4) is 0 Å². The van der Waals surface area contributed by atoms with Crippen molar-refractivity contribution in [1.82, 2.24) is 0 Å². The second-order valence-corrected chi connectivity index (χ2v) is 4.75. The molecule has 0 heterocycles. The maximum Gasteiger partial charge on any atom is 0.335 e. The molecule has 6 heteroatoms. The SMILES string of the molecule is COc1ccc(C(=O)O)cc1NCc1cc(Cl)ccc1F. The van der Waals surface area contributed by atoms with Crippen LogP contribution in [0.2, 0.25) is 5.02 Å². The minimum Gasteiger partial charge on any atom is -0.495 e. The number of anilines is 1. The Morgan fingerprint density at radius 1 is 1.33 bits per heavy atom. The van der Waals surface area contributed by atoms with Crippen molar-refractivity contribution in [1.29, 1.82) is 0 Å². The average molecular weight is 310 g/mol. The quantitative estimate of drug-likeness (QED) is 0.882. The summed E-state index contributed by atoms with van der Waals surface area (Å²) in [6, 6.07) is 8.67. The van der Waals surface area contributed by atoms with Crippen LogP contribution in [-0.4, -0.2) is 18.2 Å². The van der Waals surface area contributed by atoms with Gasteiger partial charge in [-0.05, 0) is 36.4 Å². The largest absolute Gasteiger partial charge is 0.495 e. The number of carbonyl (C=O) groups is 1. The molecule has 0 amide bonds. The van der Waals surface area contributed by atoms with Gasteiger partial charge in [-0.25, -0.2) is 9.18 Å². The van der Waals surface area contributed by atoms with Gasteiger partial charge in [0.25, 0.3) is 0 Å². The van der Waals surface area contributed by atoms with Gasteiger partial charge in [0.1, 0.15) is 11.6 Å². The van der Waals surface area contributed by atoms with E-state index < -0.39 is 5.97 Å². The number of carboxylic acids is 1. The Morgan fingerprint density at radius 2 is 2.10 bits per heavy atom. The predicted molar refractivity (Wildman–Crippen MR) is 78.7 cm³/mol. The van der Waals surface area contributed by atoms with Gasteiger partial charge in [-0.15, -0.1) is 0 Å². The zero-order chi connectivity index (χ0) is 15.4. The first-order valence-corrected chi connectivity index (χ1v) is 6.48. The van der Waals surface area contributed by atoms with E-state index in [0.717, 1.165) is 0 Å². The fraction of sp³-hybridized carbons (Fsp3) is 0.133. The number of aromatic carboxylic acids is 1. The fourth-order valence-corrected chi connectivity index (χ4v) is 2.04. The van der Waals surface area contributed by atoms with E-state index in [-0.39, 0.29) is 17.9 Å². The lowest BCUT2D eigenvalue weighted by Crippen LogP contribution is -2.05. The average Bonchev–Trinajstić information content (AvgIpc) is 2.47. The van der Waals surface area contributed by atoms with Crippen molar-refractivity contribution < 1.29 is 19.0 Å². The molecule has 0 fully saturated rings. The van der Waals surface area contributed by atoms with E-state index in [9.17, 15) is 9.18 Å². The summed E-state index contributed by atoms with van der Waals surface area (Å²) in [5, 5.41) is 12.4. The molecule has 2 aromatic carbocycles. The molecule has 0 saturated heterocycles. The van der Waals surface area contributed by atoms with Gasteiger partial charge in [0, 0.05) is 17.1 Å². The molecule has 0 aliphatic heterocycles. The highest BCUT2D eigenvalue weighted by atomic mass is 35.5. The summed E-state index contributed by atoms with van der Waals surface area (Å²) in [5.74, 6) is -0.961. The number of ether oxygens (including phenoxy) is 1. The Hall–Kier alpha value is -2.27. The molecule has 2 aromatic rings. The van der Waals surface area contributed by atoms with Crippen molar-refractivity contribution in [2.45, 2.75) is 6.54 Å². The number of hydrogen-bond acceptors (Lipinski definition) is 3. The molecule has 4 nitrogen and oxygen atoms in total. The van der Waals surface area contributed by atoms with E-state index in [0.29, 0.717) is 22.0 Å². The smallest absolute Gasteiger partial charge is 0.335 e. The van der Waals surface area contributed by atoms with Crippen LogP contribution in [0.25, 0.3) is 0 Å². The van der Waals surface area contributed by atoms with E-state index in [1.807, 2.05) is 0 Å². The Balaban J connectivity index is 2.24. The van der Waals surface area contributed by atoms with Crippen molar-refractivity contribution >= 4 is 23.3 Å². The highest BCUT2D eigenvalue weighted by molar-refractivity contribution is 6.30. The third-order valence-electron chi connectivity index (χ3n) is 2.92. The molecule has 0 spiro atoms. The van der Waals surface area contributed by atoms with E-state index >= 15 is 0 Å². The van der Waals surface area contributed by atoms with Gasteiger partial charge in [0.15, 0.2) is 0 Å². The topological polar surface area (TPSA) is 58.6 Å². The molecule has 0 bridgehead atoms. The molecule has 2 rings (SSSR count). The molecule has 0 aliphatic rings. The molecule has 0 aromatic heterocycles. The van der Waals surface area contributed by atoms with E-state index in [2.05, 4.69) is 5.32 Å². The summed E-state index contributed by atoms with van der Waals surface area (Å²) in [7, 11) is 1.47. The summed E-state index contributed by atoms with van der Waals surface area (Å²) in [4.78, 5) is 11.0. The normalized spacial score (nSPS) is 10.2. The molecule has 2 N–H and O–H groups in total. The van der Waals surface area contributed by atoms with Gasteiger partial charge in [0.2, 0.25) is 0 Å². The molecule has 0 aliphatic carbocycles. The monoisotopic (exact) mass is 309 g/mol. The number of nitrogens with one attached hydrogen (secondary N) is 1. The highest BCUT2D eigenvalue weighted by Crippen LogP contribution is 2.26. The Kier molecular flexibility index (Phi) is 4.65. The van der Waals surface area contributed by atoms with Crippen molar-refractivity contribution in [3.05, 3.63) is 58.4 Å². The second-order valence-electron chi connectivity index (χ2n) is 4.31. The Bertz CT molecular complexity index is 676. The third kappa shape index (κ3) is 3.64. The van der Waals surface area contributed by atoms with Crippen LogP contribution in [0, 0.1) is 5.82 Å². The van der Waals surface area contributed by atoms with Crippen LogP contribution in [0.15, 0.2) is 36.4 Å². The Labute approximate surface area is 126 Å². The first-order valence-electron chi connectivity index (χ1n) is 6.10. The van der Waals surface area contributed by atoms with Gasteiger partial charge in [-0.1, -0.05) is 11.6 Å². The van der Waals surface area contributed by atoms with E-state index in [1.165, 1.54) is 37.4 Å². The van der Waals surface area contributed by atoms with Gasteiger partial charge >= 0.3 is 5.97 Å². The van der Waals surface area contributed by atoms with Crippen molar-refractivity contribution in [2.24, 2.45) is 0 Å². The van der Waals surface area contributed by atoms with Crippen molar-refractivity contribution in [2.75, 3.05) is 12.4 Å². The molecule has 0 radical (unpaired) electrons. The minimum absolute atomic E-state index is 0.116. The van der Waals surface area contributed by atoms with Crippen molar-refractivity contribution in [3.63, 3.8) is 0 Å². The number of methoxy groups -OCH3 is 1. The summed E-state index contributed by atoms with van der Waals surface area (Å²) in [6.45, 7) is 0.159. The molecular weight excluding hydrogens is 297 g/mol. The molecule has 0 saturated carbocycles. The number of carboxylic acid groups (broad SMARTS) is 1. The van der Waals surface area contributed by atoms with Gasteiger partial charge in [0.05, 0.1) is 18.4 Å². The predicted octanol–water partition coefficient (Wildman–Crippen LogP) is 3.80. The fourth-order valence-electron chi connectivity index (χ4n) is 1.85. The van der Waals surface area contributed by atoms with Crippen LogP contribution in [-0.2, 0) is 6.54 Å². The van der Waals surface area contributed by atoms with Crippen molar-refractivity contribution in [3.8, 4) is 5.75 Å². The lowest BCUT2D eigenvalue weighted by atomic mass is 10.1. The van der Waals surface area contributed by atoms with Gasteiger partial charge in [-0.3, -0.25) is 0 Å². The Morgan fingerprint density at radius 3 is 2.76 bits per heavy atom. The molecular formula is C15H13ClFNO3. The lowest BCUT2D eigenvalue weighted by molar-refractivity contribution is 0.0697. The van der Waals surface area contributed by atoms with Crippen LogP contribution in [0.4, 0.5) is 10.1 Å². The summed E-state index contributed by atoms with van der Waals surface area (Å²) in [5.41, 5.74) is 0.965. The maximum absolute atomic E-state index is 13.6. The van der Waals surface area contributed by atoms with E-state index in [4.69, 9.17) is 21.4 Å². The standard InChI is InChI=1S/C15H13ClFNO3/c1-21-14-5-2-9(15(19)20)7-13(14)18-8-10-6-11(16)3-4-12(10)17/h2-7,18H,8H2,1H3,(H,19,20). The minimum atomic E-state index is -1.05. The number of hydrogen-bond donors (Lipinski definition) is 2. The number of rotatable bonds is 5. The summed E-state index contributed by atoms with van der Waals surface area (Å²) >= 11 is 5.83. The van der Waals surface area contributed by atoms with Crippen LogP contribution in [0.1, 0.15) is 15.9 Å². The second kappa shape index (κ2) is 6.45. The molecule has 0 atom stereocenters. The summed E-state index contributed by atoms with van der Waals surface area (Å²) < 4.78 is 18.8. The molecule has 110 valence electrons. The van der Waals surface area contributed by atoms with E-state index in [1.54, 1.807) is 6.07 Å². The number of benzene rings is 2. The number of halogens is 2. The van der Waals surface area contributed by atoms with Crippen LogP contribution >= 0.6 is 11.6 Å². The highest BCUT2D eigenvalue weighted by Gasteiger charge is 2.10. The van der Waals surface area contributed by atoms with Crippen LogP contribution < -0.4 is 10.1 Å². The van der Waals surface area contributed by atoms with Gasteiger partial charge in [-0.2, -0.15) is 0 Å². The lowest BCUT2D eigenvalue weighted by Gasteiger charge is -2.12. The first-order chi connectivity index (χ1) is 10.0. The zero-order valence-corrected chi connectivity index (χ0v) is 11.9. The van der Waals surface area contributed by atoms with Crippen LogP contribution in [0.5, 0.6) is 5.75 Å². The summed E-state index contributed by atoms with van der Waals surface area (Å²) in [6.07, 6.45) is 0. The van der Waals surface area contributed by atoms with Gasteiger partial charge < -0.3 is 15.2 Å². The maximum atomic E-state index is 13.6. The zero-order valence-electron chi connectivity index (χ0n) is 11.2. The third-order valence-corrected chi connectivity index (χ3v) is 3.16. The first kappa shape index (κ1) is 15.1.